The Morgan fingerprint density at radius 3 is 2.23 bits per heavy atom. The molecule has 0 saturated carbocycles. The van der Waals surface area contributed by atoms with E-state index in [9.17, 15) is 9.59 Å². The molecule has 1 amide bonds. The van der Waals surface area contributed by atoms with E-state index in [0.717, 1.165) is 5.56 Å². The van der Waals surface area contributed by atoms with E-state index in [1.165, 1.54) is 5.01 Å². The van der Waals surface area contributed by atoms with Gasteiger partial charge in [0.15, 0.2) is 16.3 Å². The number of hydrogen-bond donors (Lipinski definition) is 0. The van der Waals surface area contributed by atoms with Gasteiger partial charge < -0.3 is 4.42 Å². The van der Waals surface area contributed by atoms with Gasteiger partial charge in [0.25, 0.3) is 5.91 Å². The molecule has 26 heavy (non-hydrogen) atoms. The van der Waals surface area contributed by atoms with Gasteiger partial charge in [0.2, 0.25) is 5.78 Å². The highest BCUT2D eigenvalue weighted by atomic mass is 79.9. The number of rotatable bonds is 4. The summed E-state index contributed by atoms with van der Waals surface area (Å²) in [4.78, 5) is 26.0. The summed E-state index contributed by atoms with van der Waals surface area (Å²) in [5, 5.41) is 5.75. The summed E-state index contributed by atoms with van der Waals surface area (Å²) in [7, 11) is 0. The summed E-state index contributed by atoms with van der Waals surface area (Å²) < 4.78 is 5.81. The zero-order valence-electron chi connectivity index (χ0n) is 13.5. The number of carbonyl (C=O) groups excluding carboxylic acids is 2. The lowest BCUT2D eigenvalue weighted by Crippen LogP contribution is -2.33. The molecular weight excluding hydrogens is 396 g/mol. The van der Waals surface area contributed by atoms with Crippen molar-refractivity contribution in [3.05, 3.63) is 88.8 Å². The maximum absolute atomic E-state index is 13.0. The molecule has 1 aromatic heterocycles. The predicted octanol–water partition coefficient (Wildman–Crippen LogP) is 4.29. The summed E-state index contributed by atoms with van der Waals surface area (Å²) in [5.41, 5.74) is 1.75. The zero-order chi connectivity index (χ0) is 18.1. The third-order valence-electron chi connectivity index (χ3n) is 4.09. The molecule has 0 radical (unpaired) electrons. The fourth-order valence-electron chi connectivity index (χ4n) is 2.87. The normalized spacial score (nSPS) is 16.7. The highest BCUT2D eigenvalue weighted by molar-refractivity contribution is 9.10. The Kier molecular flexibility index (Phi) is 4.26. The Balaban J connectivity index is 1.79. The van der Waals surface area contributed by atoms with Crippen molar-refractivity contribution in [1.29, 1.82) is 0 Å². The van der Waals surface area contributed by atoms with Crippen LogP contribution in [0.5, 0.6) is 0 Å². The number of halogens is 1. The Morgan fingerprint density at radius 1 is 0.962 bits per heavy atom. The summed E-state index contributed by atoms with van der Waals surface area (Å²) in [6.45, 7) is 0. The molecule has 2 aromatic carbocycles. The minimum Gasteiger partial charge on any atom is -0.446 e. The number of furan rings is 1. The van der Waals surface area contributed by atoms with Crippen molar-refractivity contribution in [2.75, 3.05) is 5.01 Å². The van der Waals surface area contributed by atoms with E-state index in [1.807, 2.05) is 48.5 Å². The van der Waals surface area contributed by atoms with Gasteiger partial charge in [0.05, 0.1) is 11.4 Å². The van der Waals surface area contributed by atoms with Crippen molar-refractivity contribution in [3.63, 3.8) is 0 Å². The van der Waals surface area contributed by atoms with Crippen LogP contribution < -0.4 is 5.01 Å². The Bertz CT molecular complexity index is 996. The Morgan fingerprint density at radius 2 is 1.62 bits per heavy atom. The third kappa shape index (κ3) is 2.88. The summed E-state index contributed by atoms with van der Waals surface area (Å²) in [5.74, 6) is -1.74. The van der Waals surface area contributed by atoms with Crippen LogP contribution in [0.1, 0.15) is 16.1 Å². The molecule has 0 aliphatic carbocycles. The zero-order valence-corrected chi connectivity index (χ0v) is 15.1. The average Bonchev–Trinajstić information content (AvgIpc) is 3.26. The van der Waals surface area contributed by atoms with Crippen LogP contribution in [0.3, 0.4) is 0 Å². The van der Waals surface area contributed by atoms with Crippen molar-refractivity contribution < 1.29 is 14.0 Å². The molecule has 1 atom stereocenters. The van der Waals surface area contributed by atoms with Crippen molar-refractivity contribution in [1.82, 2.24) is 0 Å². The van der Waals surface area contributed by atoms with Gasteiger partial charge in [-0.3, -0.25) is 9.59 Å². The maximum Gasteiger partial charge on any atom is 0.264 e. The van der Waals surface area contributed by atoms with Crippen LogP contribution in [0, 0.1) is 5.92 Å². The molecule has 3 aromatic rings. The predicted molar refractivity (Wildman–Crippen MR) is 101 cm³/mol. The van der Waals surface area contributed by atoms with Gasteiger partial charge in [-0.1, -0.05) is 48.5 Å². The van der Waals surface area contributed by atoms with E-state index < -0.39 is 17.6 Å². The van der Waals surface area contributed by atoms with Gasteiger partial charge in [-0.25, -0.2) is 0 Å². The topological polar surface area (TPSA) is 62.9 Å². The van der Waals surface area contributed by atoms with E-state index in [4.69, 9.17) is 4.42 Å². The van der Waals surface area contributed by atoms with Crippen molar-refractivity contribution >= 4 is 39.0 Å². The number of ketones is 1. The third-order valence-corrected chi connectivity index (χ3v) is 4.51. The lowest BCUT2D eigenvalue weighted by Gasteiger charge is -2.13. The minimum absolute atomic E-state index is 0.119. The fourth-order valence-corrected chi connectivity index (χ4v) is 3.17. The summed E-state index contributed by atoms with van der Waals surface area (Å²) in [6, 6.07) is 21.5. The number of carbonyl (C=O) groups is 2. The molecule has 1 aliphatic heterocycles. The van der Waals surface area contributed by atoms with Gasteiger partial charge in [0, 0.05) is 0 Å². The van der Waals surface area contributed by atoms with E-state index in [2.05, 4.69) is 21.0 Å². The first-order chi connectivity index (χ1) is 12.6. The van der Waals surface area contributed by atoms with Gasteiger partial charge in [-0.05, 0) is 45.8 Å². The van der Waals surface area contributed by atoms with Gasteiger partial charge in [-0.2, -0.15) is 10.1 Å². The molecule has 2 heterocycles. The van der Waals surface area contributed by atoms with E-state index in [-0.39, 0.29) is 5.76 Å². The quantitative estimate of drug-likeness (QED) is 0.477. The second-order valence-electron chi connectivity index (χ2n) is 5.74. The van der Waals surface area contributed by atoms with E-state index in [0.29, 0.717) is 16.1 Å². The van der Waals surface area contributed by atoms with Gasteiger partial charge in [-0.15, -0.1) is 0 Å². The molecular formula is C20H13BrN2O3. The summed E-state index contributed by atoms with van der Waals surface area (Å²) >= 11 is 3.19. The maximum atomic E-state index is 13.0. The van der Waals surface area contributed by atoms with Crippen LogP contribution in [0.2, 0.25) is 0 Å². The molecule has 4 rings (SSSR count). The average molecular weight is 409 g/mol. The van der Waals surface area contributed by atoms with Gasteiger partial charge >= 0.3 is 0 Å². The van der Waals surface area contributed by atoms with Crippen LogP contribution in [0.15, 0.2) is 87.0 Å². The SMILES string of the molecule is O=C(c1ccc(Br)o1)C1C(=O)N(c2ccccc2)N=C1c1ccccc1. The highest BCUT2D eigenvalue weighted by Crippen LogP contribution is 2.29. The van der Waals surface area contributed by atoms with Crippen molar-refractivity contribution in [2.45, 2.75) is 0 Å². The molecule has 0 saturated heterocycles. The number of hydrogen-bond acceptors (Lipinski definition) is 4. The number of anilines is 1. The van der Waals surface area contributed by atoms with E-state index in [1.54, 1.807) is 24.3 Å². The molecule has 1 unspecified atom stereocenters. The number of para-hydroxylation sites is 1. The van der Waals surface area contributed by atoms with Crippen LogP contribution in [0.4, 0.5) is 5.69 Å². The second kappa shape index (κ2) is 6.72. The lowest BCUT2D eigenvalue weighted by molar-refractivity contribution is -0.118. The smallest absolute Gasteiger partial charge is 0.264 e. The molecule has 0 fully saturated rings. The molecule has 128 valence electrons. The standard InChI is InChI=1S/C20H13BrN2O3/c21-16-12-11-15(26-16)19(24)17-18(13-7-3-1-4-8-13)22-23(20(17)25)14-9-5-2-6-10-14/h1-12,17H. The second-order valence-corrected chi connectivity index (χ2v) is 6.52. The molecule has 5 nitrogen and oxygen atoms in total. The molecule has 0 bridgehead atoms. The summed E-state index contributed by atoms with van der Waals surface area (Å²) in [6.07, 6.45) is 0. The van der Waals surface area contributed by atoms with Crippen molar-refractivity contribution in [2.24, 2.45) is 11.0 Å². The largest absolute Gasteiger partial charge is 0.446 e. The highest BCUT2D eigenvalue weighted by Gasteiger charge is 2.43. The van der Waals surface area contributed by atoms with Crippen LogP contribution in [-0.2, 0) is 4.79 Å². The monoisotopic (exact) mass is 408 g/mol. The number of benzene rings is 2. The molecule has 0 N–H and O–H groups in total. The first kappa shape index (κ1) is 16.5. The number of hydrazone groups is 1. The molecule has 6 heteroatoms. The Hall–Kier alpha value is -2.99. The first-order valence-electron chi connectivity index (χ1n) is 7.97. The van der Waals surface area contributed by atoms with Crippen LogP contribution >= 0.6 is 15.9 Å². The number of Topliss-reactive ketones (excluding diaryl/α,β-unsaturated/α-hetero) is 1. The van der Waals surface area contributed by atoms with E-state index >= 15 is 0 Å². The molecule has 0 spiro atoms. The molecule has 1 aliphatic rings. The van der Waals surface area contributed by atoms with Crippen LogP contribution in [-0.4, -0.2) is 17.4 Å². The lowest BCUT2D eigenvalue weighted by atomic mass is 9.91. The fraction of sp³-hybridized carbons (Fsp3) is 0.0500. The Labute approximate surface area is 158 Å². The first-order valence-corrected chi connectivity index (χ1v) is 8.77. The number of nitrogens with zero attached hydrogens (tertiary/aromatic N) is 2. The van der Waals surface area contributed by atoms with Crippen molar-refractivity contribution in [3.8, 4) is 0 Å². The van der Waals surface area contributed by atoms with Crippen LogP contribution in [0.25, 0.3) is 0 Å². The minimum atomic E-state index is -1.05. The number of amides is 1. The van der Waals surface area contributed by atoms with Gasteiger partial charge in [0.1, 0.15) is 0 Å².